The number of carbonyl (C=O) groups is 4. The van der Waals surface area contributed by atoms with Gasteiger partial charge in [-0.3, -0.25) is 14.4 Å². The number of nitrogens with one attached hydrogen (secondary N) is 2. The summed E-state index contributed by atoms with van der Waals surface area (Å²) in [5, 5.41) is 5.10. The first-order valence-corrected chi connectivity index (χ1v) is 11.1. The number of hydrogen-bond donors (Lipinski definition) is 2. The summed E-state index contributed by atoms with van der Waals surface area (Å²) in [4.78, 5) is 58.7. The van der Waals surface area contributed by atoms with E-state index < -0.39 is 29.7 Å². The molecule has 10 nitrogen and oxygen atoms in total. The molecule has 0 saturated carbocycles. The van der Waals surface area contributed by atoms with Crippen LogP contribution in [-0.2, 0) is 32.1 Å². The smallest absolute Gasteiger partial charge is 0.408 e. The molecule has 0 spiro atoms. The second kappa shape index (κ2) is 11.9. The Morgan fingerprint density at radius 1 is 1.24 bits per heavy atom. The summed E-state index contributed by atoms with van der Waals surface area (Å²) in [5.74, 6) is -2.72. The third-order valence-corrected chi connectivity index (χ3v) is 5.38. The van der Waals surface area contributed by atoms with E-state index >= 15 is 0 Å². The molecule has 2 atom stereocenters. The molecule has 2 unspecified atom stereocenters. The number of ether oxygens (including phenoxy) is 2. The van der Waals surface area contributed by atoms with Gasteiger partial charge in [0.05, 0.1) is 24.5 Å². The predicted octanol–water partition coefficient (Wildman–Crippen LogP) is 1.62. The van der Waals surface area contributed by atoms with Gasteiger partial charge in [-0.25, -0.2) is 14.8 Å². The van der Waals surface area contributed by atoms with E-state index in [0.717, 1.165) is 5.56 Å². The molecule has 0 bridgehead atoms. The summed E-state index contributed by atoms with van der Waals surface area (Å²) in [6.45, 7) is 3.90. The average Bonchev–Trinajstić information content (AvgIpc) is 2.83. The molecule has 10 heteroatoms. The van der Waals surface area contributed by atoms with Gasteiger partial charge in [0.15, 0.2) is 11.5 Å². The van der Waals surface area contributed by atoms with E-state index in [-0.39, 0.29) is 44.3 Å². The number of amides is 2. The standard InChI is InChI=1S/C24H28N4O6/c1-15(2)21(28-24(32)34-13-16-6-4-3-5-7-16)19(29)11-17-10-18-20(12-25-14-27-18)33-9-8-26-23(31)22(17)30/h3-7,12,14-15,17,21H,8-11,13H2,1-2H3,(H,26,31)(H,28,32). The summed E-state index contributed by atoms with van der Waals surface area (Å²) in [5.41, 5.74) is 1.25. The molecule has 1 aromatic heterocycles. The van der Waals surface area contributed by atoms with Crippen LogP contribution in [0.4, 0.5) is 4.79 Å². The highest BCUT2D eigenvalue weighted by Crippen LogP contribution is 2.23. The lowest BCUT2D eigenvalue weighted by Crippen LogP contribution is -2.46. The van der Waals surface area contributed by atoms with Crippen LogP contribution in [0.2, 0.25) is 0 Å². The van der Waals surface area contributed by atoms with Crippen LogP contribution in [0.25, 0.3) is 0 Å². The van der Waals surface area contributed by atoms with Gasteiger partial charge >= 0.3 is 6.09 Å². The van der Waals surface area contributed by atoms with E-state index in [1.54, 1.807) is 13.8 Å². The molecule has 0 radical (unpaired) electrons. The van der Waals surface area contributed by atoms with E-state index in [1.807, 2.05) is 30.3 Å². The molecule has 180 valence electrons. The lowest BCUT2D eigenvalue weighted by atomic mass is 9.87. The Bertz CT molecular complexity index is 1030. The third-order valence-electron chi connectivity index (χ3n) is 5.38. The van der Waals surface area contributed by atoms with Gasteiger partial charge in [-0.2, -0.15) is 0 Å². The van der Waals surface area contributed by atoms with Crippen molar-refractivity contribution in [2.24, 2.45) is 11.8 Å². The minimum absolute atomic E-state index is 0.0269. The Morgan fingerprint density at radius 3 is 2.74 bits per heavy atom. The zero-order valence-corrected chi connectivity index (χ0v) is 19.2. The molecule has 1 aliphatic heterocycles. The van der Waals surface area contributed by atoms with Gasteiger partial charge < -0.3 is 20.1 Å². The Kier molecular flexibility index (Phi) is 8.66. The normalized spacial score (nSPS) is 17.1. The van der Waals surface area contributed by atoms with Gasteiger partial charge in [0.2, 0.25) is 5.78 Å². The number of Topliss-reactive ketones (excluding diaryl/α,β-unsaturated/α-hetero) is 2. The van der Waals surface area contributed by atoms with E-state index in [0.29, 0.717) is 11.4 Å². The van der Waals surface area contributed by atoms with E-state index in [9.17, 15) is 19.2 Å². The fourth-order valence-corrected chi connectivity index (χ4v) is 3.59. The molecular weight excluding hydrogens is 440 g/mol. The highest BCUT2D eigenvalue weighted by molar-refractivity contribution is 6.37. The zero-order valence-electron chi connectivity index (χ0n) is 19.2. The Labute approximate surface area is 197 Å². The van der Waals surface area contributed by atoms with Gasteiger partial charge in [0.1, 0.15) is 19.5 Å². The first kappa shape index (κ1) is 24.8. The lowest BCUT2D eigenvalue weighted by molar-refractivity contribution is -0.141. The first-order chi connectivity index (χ1) is 16.3. The summed E-state index contributed by atoms with van der Waals surface area (Å²) in [6.07, 6.45) is 1.84. The number of ketones is 2. The fourth-order valence-electron chi connectivity index (χ4n) is 3.59. The van der Waals surface area contributed by atoms with E-state index in [1.165, 1.54) is 12.5 Å². The molecule has 3 rings (SSSR count). The maximum atomic E-state index is 13.2. The number of fused-ring (bicyclic) bond motifs is 1. The predicted molar refractivity (Wildman–Crippen MR) is 121 cm³/mol. The molecule has 2 amide bonds. The van der Waals surface area contributed by atoms with Gasteiger partial charge in [-0.05, 0) is 11.5 Å². The average molecular weight is 469 g/mol. The largest absolute Gasteiger partial charge is 0.488 e. The maximum Gasteiger partial charge on any atom is 0.408 e. The third kappa shape index (κ3) is 6.84. The minimum Gasteiger partial charge on any atom is -0.488 e. The fraction of sp³-hybridized carbons (Fsp3) is 0.417. The second-order valence-electron chi connectivity index (χ2n) is 8.30. The van der Waals surface area contributed by atoms with Crippen LogP contribution in [0.1, 0.15) is 31.5 Å². The molecule has 0 saturated heterocycles. The number of hydrogen-bond acceptors (Lipinski definition) is 8. The number of nitrogens with zero attached hydrogens (tertiary/aromatic N) is 2. The summed E-state index contributed by atoms with van der Waals surface area (Å²) in [6, 6.07) is 8.26. The Morgan fingerprint density at radius 2 is 2.00 bits per heavy atom. The molecule has 2 heterocycles. The van der Waals surface area contributed by atoms with Crippen molar-refractivity contribution in [1.29, 1.82) is 0 Å². The summed E-state index contributed by atoms with van der Waals surface area (Å²) in [7, 11) is 0. The van der Waals surface area contributed by atoms with Crippen molar-refractivity contribution in [1.82, 2.24) is 20.6 Å². The van der Waals surface area contributed by atoms with Gasteiger partial charge in [-0.1, -0.05) is 44.2 Å². The second-order valence-corrected chi connectivity index (χ2v) is 8.30. The number of carbonyl (C=O) groups excluding carboxylic acids is 4. The Hall–Kier alpha value is -3.82. The van der Waals surface area contributed by atoms with Gasteiger partial charge in [-0.15, -0.1) is 0 Å². The number of benzene rings is 1. The molecular formula is C24H28N4O6. The minimum atomic E-state index is -0.966. The first-order valence-electron chi connectivity index (χ1n) is 11.1. The molecule has 1 aliphatic rings. The van der Waals surface area contributed by atoms with E-state index in [4.69, 9.17) is 9.47 Å². The lowest BCUT2D eigenvalue weighted by Gasteiger charge is -2.24. The SMILES string of the molecule is CC(C)C(NC(=O)OCc1ccccc1)C(=O)CC1Cc2ncncc2OCCNC(=O)C1=O. The zero-order chi connectivity index (χ0) is 24.5. The number of aromatic nitrogens is 2. The van der Waals surface area contributed by atoms with E-state index in [2.05, 4.69) is 20.6 Å². The molecule has 2 N–H and O–H groups in total. The monoisotopic (exact) mass is 468 g/mol. The van der Waals surface area contributed by atoms with Crippen molar-refractivity contribution in [2.45, 2.75) is 39.3 Å². The van der Waals surface area contributed by atoms with Crippen molar-refractivity contribution >= 4 is 23.6 Å². The van der Waals surface area contributed by atoms with Crippen molar-refractivity contribution in [3.63, 3.8) is 0 Å². The van der Waals surface area contributed by atoms with Crippen LogP contribution in [-0.4, -0.2) is 52.7 Å². The van der Waals surface area contributed by atoms with Crippen LogP contribution in [0.15, 0.2) is 42.9 Å². The number of rotatable bonds is 7. The van der Waals surface area contributed by atoms with Crippen molar-refractivity contribution in [3.05, 3.63) is 54.1 Å². The van der Waals surface area contributed by atoms with Crippen LogP contribution in [0, 0.1) is 11.8 Å². The molecule has 0 aliphatic carbocycles. The van der Waals surface area contributed by atoms with Crippen LogP contribution in [0.5, 0.6) is 5.75 Å². The molecule has 34 heavy (non-hydrogen) atoms. The maximum absolute atomic E-state index is 13.2. The molecule has 2 aromatic rings. The molecule has 1 aromatic carbocycles. The van der Waals surface area contributed by atoms with Crippen molar-refractivity contribution in [2.75, 3.05) is 13.2 Å². The quantitative estimate of drug-likeness (QED) is 0.585. The van der Waals surface area contributed by atoms with Crippen LogP contribution >= 0.6 is 0 Å². The molecule has 0 fully saturated rings. The highest BCUT2D eigenvalue weighted by atomic mass is 16.5. The van der Waals surface area contributed by atoms with Crippen LogP contribution in [0.3, 0.4) is 0 Å². The summed E-state index contributed by atoms with van der Waals surface area (Å²) < 4.78 is 10.8. The highest BCUT2D eigenvalue weighted by Gasteiger charge is 2.33. The van der Waals surface area contributed by atoms with Gasteiger partial charge in [0.25, 0.3) is 5.91 Å². The van der Waals surface area contributed by atoms with Crippen LogP contribution < -0.4 is 15.4 Å². The van der Waals surface area contributed by atoms with Crippen molar-refractivity contribution in [3.8, 4) is 5.75 Å². The number of alkyl carbamates (subject to hydrolysis) is 1. The topological polar surface area (TPSA) is 137 Å². The Balaban J connectivity index is 1.70. The van der Waals surface area contributed by atoms with Gasteiger partial charge in [0, 0.05) is 18.8 Å². The summed E-state index contributed by atoms with van der Waals surface area (Å²) >= 11 is 0. The van der Waals surface area contributed by atoms with Crippen molar-refractivity contribution < 1.29 is 28.7 Å².